The summed E-state index contributed by atoms with van der Waals surface area (Å²) < 4.78 is 7.24. The number of carbonyl (C=O) groups excluding carboxylic acids is 2. The van der Waals surface area contributed by atoms with E-state index in [0.29, 0.717) is 44.6 Å². The zero-order valence-electron chi connectivity index (χ0n) is 20.8. The average molecular weight is 551 g/mol. The van der Waals surface area contributed by atoms with Crippen molar-refractivity contribution in [1.82, 2.24) is 20.1 Å². The Hall–Kier alpha value is -2.75. The van der Waals surface area contributed by atoms with E-state index in [1.165, 1.54) is 17.8 Å². The van der Waals surface area contributed by atoms with Gasteiger partial charge in [0, 0.05) is 12.1 Å². The molecule has 1 aromatic heterocycles. The summed E-state index contributed by atoms with van der Waals surface area (Å²) in [6, 6.07) is 9.93. The van der Waals surface area contributed by atoms with Crippen molar-refractivity contribution in [1.29, 1.82) is 0 Å². The molecule has 2 amide bonds. The van der Waals surface area contributed by atoms with E-state index in [9.17, 15) is 9.59 Å². The lowest BCUT2D eigenvalue weighted by molar-refractivity contribution is -0.113. The van der Waals surface area contributed by atoms with Crippen molar-refractivity contribution in [3.63, 3.8) is 0 Å². The lowest BCUT2D eigenvalue weighted by Gasteiger charge is -2.22. The van der Waals surface area contributed by atoms with Crippen LogP contribution in [0.3, 0.4) is 0 Å². The first kappa shape index (κ1) is 27.8. The largest absolute Gasteiger partial charge is 0.495 e. The molecular weight excluding hydrogens is 521 g/mol. The van der Waals surface area contributed by atoms with Crippen LogP contribution in [-0.4, -0.2) is 39.4 Å². The minimum Gasteiger partial charge on any atom is -0.495 e. The van der Waals surface area contributed by atoms with E-state index in [4.69, 9.17) is 27.9 Å². The zero-order chi connectivity index (χ0) is 26.4. The molecule has 1 heterocycles. The third-order valence-corrected chi connectivity index (χ3v) is 7.14. The molecule has 192 valence electrons. The number of aryl methyl sites for hydroxylation is 1. The van der Waals surface area contributed by atoms with E-state index >= 15 is 0 Å². The van der Waals surface area contributed by atoms with Crippen molar-refractivity contribution in [2.24, 2.45) is 5.92 Å². The van der Waals surface area contributed by atoms with Gasteiger partial charge in [-0.3, -0.25) is 9.59 Å². The van der Waals surface area contributed by atoms with Gasteiger partial charge < -0.3 is 19.9 Å². The maximum atomic E-state index is 12.9. The van der Waals surface area contributed by atoms with Crippen LogP contribution in [0.1, 0.15) is 48.6 Å². The predicted molar refractivity (Wildman–Crippen MR) is 144 cm³/mol. The number of carbonyl (C=O) groups is 2. The van der Waals surface area contributed by atoms with Gasteiger partial charge >= 0.3 is 0 Å². The van der Waals surface area contributed by atoms with Gasteiger partial charge in [-0.1, -0.05) is 54.9 Å². The molecule has 0 aliphatic rings. The lowest BCUT2D eigenvalue weighted by atomic mass is 10.0. The van der Waals surface area contributed by atoms with Crippen molar-refractivity contribution >= 4 is 52.5 Å². The van der Waals surface area contributed by atoms with Gasteiger partial charge in [0.05, 0.1) is 34.6 Å². The van der Waals surface area contributed by atoms with E-state index < -0.39 is 6.04 Å². The summed E-state index contributed by atoms with van der Waals surface area (Å²) in [6.45, 7) is 8.46. The first-order chi connectivity index (χ1) is 17.1. The number of hydrogen-bond acceptors (Lipinski definition) is 6. The number of rotatable bonds is 10. The van der Waals surface area contributed by atoms with Crippen molar-refractivity contribution < 1.29 is 14.3 Å². The highest BCUT2D eigenvalue weighted by molar-refractivity contribution is 7.99. The molecule has 0 saturated carbocycles. The third kappa shape index (κ3) is 6.72. The number of nitrogens with zero attached hydrogens (tertiary/aromatic N) is 3. The summed E-state index contributed by atoms with van der Waals surface area (Å²) in [4.78, 5) is 25.6. The van der Waals surface area contributed by atoms with Gasteiger partial charge in [0.15, 0.2) is 11.0 Å². The normalized spacial score (nSPS) is 11.9. The molecule has 0 radical (unpaired) electrons. The van der Waals surface area contributed by atoms with Crippen molar-refractivity contribution in [3.05, 3.63) is 63.4 Å². The highest BCUT2D eigenvalue weighted by Gasteiger charge is 2.26. The van der Waals surface area contributed by atoms with Crippen molar-refractivity contribution in [2.45, 2.75) is 45.4 Å². The van der Waals surface area contributed by atoms with Gasteiger partial charge in [0.1, 0.15) is 5.75 Å². The van der Waals surface area contributed by atoms with Crippen LogP contribution in [0, 0.1) is 12.8 Å². The van der Waals surface area contributed by atoms with Gasteiger partial charge in [0.2, 0.25) is 5.91 Å². The molecule has 2 N–H and O–H groups in total. The Morgan fingerprint density at radius 3 is 2.50 bits per heavy atom. The van der Waals surface area contributed by atoms with Crippen LogP contribution in [0.2, 0.25) is 10.0 Å². The summed E-state index contributed by atoms with van der Waals surface area (Å²) >= 11 is 13.3. The van der Waals surface area contributed by atoms with Crippen LogP contribution < -0.4 is 15.4 Å². The number of aromatic nitrogens is 3. The van der Waals surface area contributed by atoms with Crippen molar-refractivity contribution in [3.8, 4) is 5.75 Å². The lowest BCUT2D eigenvalue weighted by Crippen LogP contribution is -2.33. The van der Waals surface area contributed by atoms with Gasteiger partial charge in [-0.05, 0) is 55.7 Å². The number of amides is 2. The molecule has 0 bridgehead atoms. The number of benzene rings is 2. The Morgan fingerprint density at radius 2 is 1.86 bits per heavy atom. The van der Waals surface area contributed by atoms with Gasteiger partial charge in [-0.2, -0.15) is 0 Å². The number of ether oxygens (including phenoxy) is 1. The minimum atomic E-state index is -0.404. The molecule has 3 aromatic rings. The Kier molecular flexibility index (Phi) is 9.64. The molecular formula is C25H29Cl2N5O3S. The second-order valence-electron chi connectivity index (χ2n) is 8.45. The highest BCUT2D eigenvalue weighted by Crippen LogP contribution is 2.28. The first-order valence-electron chi connectivity index (χ1n) is 11.4. The van der Waals surface area contributed by atoms with E-state index in [1.54, 1.807) is 19.2 Å². The first-order valence-corrected chi connectivity index (χ1v) is 13.1. The minimum absolute atomic E-state index is 0.0288. The second-order valence-corrected chi connectivity index (χ2v) is 10.2. The number of thioether (sulfide) groups is 1. The molecule has 3 rings (SSSR count). The summed E-state index contributed by atoms with van der Waals surface area (Å²) in [6.07, 6.45) is 0. The fraction of sp³-hybridized carbons (Fsp3) is 0.360. The zero-order valence-corrected chi connectivity index (χ0v) is 23.1. The maximum Gasteiger partial charge on any atom is 0.251 e. The van der Waals surface area contributed by atoms with Gasteiger partial charge in [-0.15, -0.1) is 10.2 Å². The standard InChI is InChI=1S/C25H29Cl2N5O3S/c1-6-32-23(22(14(2)3)29-24(34)16-8-9-17(26)18(27)12-16)30-31-25(32)36-13-21(33)28-19-11-15(4)7-10-20(19)35-5/h7-12,14,22H,6,13H2,1-5H3,(H,28,33)(H,29,34)/t22-/m1/s1. The van der Waals surface area contributed by atoms with Crippen LogP contribution in [0.4, 0.5) is 5.69 Å². The van der Waals surface area contributed by atoms with Crippen LogP contribution in [0.15, 0.2) is 41.6 Å². The van der Waals surface area contributed by atoms with E-state index in [2.05, 4.69) is 20.8 Å². The number of hydrogen-bond donors (Lipinski definition) is 2. The Morgan fingerprint density at radius 1 is 1.11 bits per heavy atom. The predicted octanol–water partition coefficient (Wildman–Crippen LogP) is 5.78. The Balaban J connectivity index is 1.73. The summed E-state index contributed by atoms with van der Waals surface area (Å²) in [5.74, 6) is 0.890. The SMILES string of the molecule is CCn1c(SCC(=O)Nc2cc(C)ccc2OC)nnc1[C@H](NC(=O)c1ccc(Cl)c(Cl)c1)C(C)C. The van der Waals surface area contributed by atoms with Gasteiger partial charge in [-0.25, -0.2) is 0 Å². The van der Waals surface area contributed by atoms with Crippen LogP contribution >= 0.6 is 35.0 Å². The smallest absolute Gasteiger partial charge is 0.251 e. The summed E-state index contributed by atoms with van der Waals surface area (Å²) in [7, 11) is 1.56. The quantitative estimate of drug-likeness (QED) is 0.311. The van der Waals surface area contributed by atoms with Crippen LogP contribution in [-0.2, 0) is 11.3 Å². The fourth-order valence-electron chi connectivity index (χ4n) is 3.56. The molecule has 36 heavy (non-hydrogen) atoms. The topological polar surface area (TPSA) is 98.1 Å². The van der Waals surface area contributed by atoms with Crippen LogP contribution in [0.5, 0.6) is 5.75 Å². The molecule has 0 unspecified atom stereocenters. The Bertz CT molecular complexity index is 1250. The Labute approximate surface area is 225 Å². The fourth-order valence-corrected chi connectivity index (χ4v) is 4.67. The molecule has 11 heteroatoms. The monoisotopic (exact) mass is 549 g/mol. The molecule has 0 saturated heterocycles. The molecule has 1 atom stereocenters. The molecule has 0 aliphatic carbocycles. The number of methoxy groups -OCH3 is 1. The molecule has 0 aliphatic heterocycles. The van der Waals surface area contributed by atoms with Crippen molar-refractivity contribution in [2.75, 3.05) is 18.2 Å². The molecule has 0 spiro atoms. The second kappa shape index (κ2) is 12.5. The maximum absolute atomic E-state index is 12.9. The number of halogens is 2. The average Bonchev–Trinajstić information content (AvgIpc) is 3.25. The highest BCUT2D eigenvalue weighted by atomic mass is 35.5. The molecule has 8 nitrogen and oxygen atoms in total. The van der Waals surface area contributed by atoms with E-state index in [1.807, 2.05) is 50.5 Å². The van der Waals surface area contributed by atoms with E-state index in [-0.39, 0.29) is 23.5 Å². The molecule has 0 fully saturated rings. The molecule has 2 aromatic carbocycles. The van der Waals surface area contributed by atoms with Crippen LogP contribution in [0.25, 0.3) is 0 Å². The number of nitrogens with one attached hydrogen (secondary N) is 2. The summed E-state index contributed by atoms with van der Waals surface area (Å²) in [5, 5.41) is 15.9. The van der Waals surface area contributed by atoms with Gasteiger partial charge in [0.25, 0.3) is 5.91 Å². The summed E-state index contributed by atoms with van der Waals surface area (Å²) in [5.41, 5.74) is 2.03. The van der Waals surface area contributed by atoms with E-state index in [0.717, 1.165) is 5.56 Å². The number of anilines is 1. The third-order valence-electron chi connectivity index (χ3n) is 5.44.